The highest BCUT2D eigenvalue weighted by Gasteiger charge is 2.14. The van der Waals surface area contributed by atoms with Crippen LogP contribution in [0.15, 0.2) is 54.7 Å². The van der Waals surface area contributed by atoms with Crippen molar-refractivity contribution >= 4 is 23.3 Å². The lowest BCUT2D eigenvalue weighted by Crippen LogP contribution is -2.18. The predicted molar refractivity (Wildman–Crippen MR) is 111 cm³/mol. The molecule has 3 aromatic rings. The van der Waals surface area contributed by atoms with Gasteiger partial charge in [-0.1, -0.05) is 37.6 Å². The molecule has 2 N–H and O–H groups in total. The molecular formula is C22H22ClN3O2. The number of nitrogens with zero attached hydrogens (tertiary/aromatic N) is 2. The van der Waals surface area contributed by atoms with Crippen LogP contribution in [0.2, 0.25) is 5.02 Å². The number of amides is 1. The Morgan fingerprint density at radius 2 is 1.79 bits per heavy atom. The van der Waals surface area contributed by atoms with E-state index < -0.39 is 0 Å². The van der Waals surface area contributed by atoms with Crippen molar-refractivity contribution in [2.24, 2.45) is 5.92 Å². The van der Waals surface area contributed by atoms with E-state index in [1.807, 2.05) is 12.1 Å². The van der Waals surface area contributed by atoms with Gasteiger partial charge in [-0.3, -0.25) is 4.79 Å². The van der Waals surface area contributed by atoms with Crippen molar-refractivity contribution in [2.45, 2.75) is 26.7 Å². The number of aromatic hydroxyl groups is 1. The second kappa shape index (κ2) is 8.85. The first-order chi connectivity index (χ1) is 13.4. The molecule has 0 bridgehead atoms. The van der Waals surface area contributed by atoms with E-state index in [0.29, 0.717) is 28.9 Å². The molecule has 0 spiro atoms. The van der Waals surface area contributed by atoms with Crippen molar-refractivity contribution < 1.29 is 9.90 Å². The van der Waals surface area contributed by atoms with E-state index in [1.54, 1.807) is 42.6 Å². The summed E-state index contributed by atoms with van der Waals surface area (Å²) in [5.74, 6) is 0.885. The summed E-state index contributed by atoms with van der Waals surface area (Å²) in [5, 5.41) is 13.0. The first-order valence-corrected chi connectivity index (χ1v) is 9.48. The smallest absolute Gasteiger partial charge is 0.229 e. The number of benzene rings is 2. The standard InChI is InChI=1S/C22H22ClN3O2/c1-14(2)11-19-22(26-21(28)12-15-3-7-17(23)8-4-15)24-13-20(25-19)16-5-9-18(27)10-6-16/h3-10,13-14,27H,11-12H2,1-2H3,(H,24,26,28). The van der Waals surface area contributed by atoms with Crippen LogP contribution in [0.3, 0.4) is 0 Å². The van der Waals surface area contributed by atoms with Gasteiger partial charge in [-0.2, -0.15) is 0 Å². The van der Waals surface area contributed by atoms with Crippen LogP contribution < -0.4 is 5.32 Å². The van der Waals surface area contributed by atoms with Gasteiger partial charge in [0, 0.05) is 10.6 Å². The molecule has 5 nitrogen and oxygen atoms in total. The van der Waals surface area contributed by atoms with Crippen LogP contribution >= 0.6 is 11.6 Å². The number of carbonyl (C=O) groups is 1. The van der Waals surface area contributed by atoms with Gasteiger partial charge in [0.25, 0.3) is 0 Å². The number of hydrogen-bond acceptors (Lipinski definition) is 4. The summed E-state index contributed by atoms with van der Waals surface area (Å²) >= 11 is 5.89. The molecule has 0 radical (unpaired) electrons. The largest absolute Gasteiger partial charge is 0.508 e. The summed E-state index contributed by atoms with van der Waals surface area (Å²) < 4.78 is 0. The summed E-state index contributed by atoms with van der Waals surface area (Å²) in [5.41, 5.74) is 3.17. The third kappa shape index (κ3) is 5.30. The average molecular weight is 396 g/mol. The van der Waals surface area contributed by atoms with E-state index in [2.05, 4.69) is 24.1 Å². The number of halogens is 1. The second-order valence-electron chi connectivity index (χ2n) is 7.05. The van der Waals surface area contributed by atoms with E-state index in [9.17, 15) is 9.90 Å². The maximum Gasteiger partial charge on any atom is 0.229 e. The molecule has 0 aliphatic rings. The van der Waals surface area contributed by atoms with E-state index in [1.165, 1.54) is 0 Å². The SMILES string of the molecule is CC(C)Cc1nc(-c2ccc(O)cc2)cnc1NC(=O)Cc1ccc(Cl)cc1. The Morgan fingerprint density at radius 3 is 2.43 bits per heavy atom. The van der Waals surface area contributed by atoms with Crippen molar-refractivity contribution in [1.29, 1.82) is 0 Å². The van der Waals surface area contributed by atoms with Crippen molar-refractivity contribution in [1.82, 2.24) is 9.97 Å². The summed E-state index contributed by atoms with van der Waals surface area (Å²) in [6, 6.07) is 14.0. The fraction of sp³-hybridized carbons (Fsp3) is 0.227. The van der Waals surface area contributed by atoms with Crippen molar-refractivity contribution in [3.05, 3.63) is 71.0 Å². The molecule has 6 heteroatoms. The van der Waals surface area contributed by atoms with E-state index in [0.717, 1.165) is 16.8 Å². The minimum Gasteiger partial charge on any atom is -0.508 e. The Bertz CT molecular complexity index is 955. The Kier molecular flexibility index (Phi) is 6.26. The number of anilines is 1. The lowest BCUT2D eigenvalue weighted by Gasteiger charge is -2.13. The maximum atomic E-state index is 12.5. The highest BCUT2D eigenvalue weighted by Crippen LogP contribution is 2.23. The van der Waals surface area contributed by atoms with Crippen LogP contribution in [0.1, 0.15) is 25.1 Å². The predicted octanol–water partition coefficient (Wildman–Crippen LogP) is 4.88. The number of carbonyl (C=O) groups excluding carboxylic acids is 1. The molecular weight excluding hydrogens is 374 g/mol. The lowest BCUT2D eigenvalue weighted by atomic mass is 10.1. The zero-order chi connectivity index (χ0) is 20.1. The van der Waals surface area contributed by atoms with Crippen LogP contribution in [0.25, 0.3) is 11.3 Å². The second-order valence-corrected chi connectivity index (χ2v) is 7.48. The summed E-state index contributed by atoms with van der Waals surface area (Å²) in [4.78, 5) is 21.6. The van der Waals surface area contributed by atoms with E-state index in [4.69, 9.17) is 16.6 Å². The van der Waals surface area contributed by atoms with Gasteiger partial charge in [0.2, 0.25) is 5.91 Å². The number of phenols is 1. The molecule has 0 aliphatic carbocycles. The van der Waals surface area contributed by atoms with Crippen LogP contribution in [0, 0.1) is 5.92 Å². The Balaban J connectivity index is 1.81. The average Bonchev–Trinajstić information content (AvgIpc) is 2.65. The number of phenolic OH excluding ortho intramolecular Hbond substituents is 1. The quantitative estimate of drug-likeness (QED) is 0.623. The third-order valence-corrected chi connectivity index (χ3v) is 4.40. The van der Waals surface area contributed by atoms with Crippen molar-refractivity contribution in [3.8, 4) is 17.0 Å². The summed E-state index contributed by atoms with van der Waals surface area (Å²) in [6.07, 6.45) is 2.56. The molecule has 3 rings (SSSR count). The normalized spacial score (nSPS) is 10.9. The molecule has 144 valence electrons. The molecule has 1 heterocycles. The highest BCUT2D eigenvalue weighted by molar-refractivity contribution is 6.30. The topological polar surface area (TPSA) is 75.1 Å². The molecule has 28 heavy (non-hydrogen) atoms. The molecule has 2 aromatic carbocycles. The maximum absolute atomic E-state index is 12.5. The van der Waals surface area contributed by atoms with Gasteiger partial charge in [0.05, 0.1) is 24.0 Å². The van der Waals surface area contributed by atoms with Crippen LogP contribution in [-0.4, -0.2) is 21.0 Å². The van der Waals surface area contributed by atoms with Crippen LogP contribution in [0.5, 0.6) is 5.75 Å². The molecule has 0 atom stereocenters. The fourth-order valence-corrected chi connectivity index (χ4v) is 2.92. The molecule has 1 amide bonds. The van der Waals surface area contributed by atoms with Gasteiger partial charge < -0.3 is 10.4 Å². The molecule has 0 aliphatic heterocycles. The van der Waals surface area contributed by atoms with Crippen molar-refractivity contribution in [2.75, 3.05) is 5.32 Å². The Hall–Kier alpha value is -2.92. The van der Waals surface area contributed by atoms with Gasteiger partial charge in [-0.15, -0.1) is 0 Å². The monoisotopic (exact) mass is 395 g/mol. The first-order valence-electron chi connectivity index (χ1n) is 9.10. The van der Waals surface area contributed by atoms with Gasteiger partial charge in [0.15, 0.2) is 5.82 Å². The Morgan fingerprint density at radius 1 is 1.11 bits per heavy atom. The summed E-state index contributed by atoms with van der Waals surface area (Å²) in [6.45, 7) is 4.18. The molecule has 1 aromatic heterocycles. The van der Waals surface area contributed by atoms with Gasteiger partial charge >= 0.3 is 0 Å². The molecule has 0 fully saturated rings. The Labute approximate surface area is 169 Å². The van der Waals surface area contributed by atoms with E-state index in [-0.39, 0.29) is 18.1 Å². The number of nitrogens with one attached hydrogen (secondary N) is 1. The zero-order valence-corrected chi connectivity index (χ0v) is 16.6. The molecule has 0 saturated heterocycles. The molecule has 0 unspecified atom stereocenters. The van der Waals surface area contributed by atoms with Crippen LogP contribution in [0.4, 0.5) is 5.82 Å². The third-order valence-electron chi connectivity index (χ3n) is 4.15. The lowest BCUT2D eigenvalue weighted by molar-refractivity contribution is -0.115. The van der Waals surface area contributed by atoms with Gasteiger partial charge in [0.1, 0.15) is 5.75 Å². The number of hydrogen-bond donors (Lipinski definition) is 2. The number of aromatic nitrogens is 2. The highest BCUT2D eigenvalue weighted by atomic mass is 35.5. The van der Waals surface area contributed by atoms with E-state index >= 15 is 0 Å². The van der Waals surface area contributed by atoms with Gasteiger partial charge in [-0.05, 0) is 54.3 Å². The van der Waals surface area contributed by atoms with Crippen molar-refractivity contribution in [3.63, 3.8) is 0 Å². The number of rotatable bonds is 6. The van der Waals surface area contributed by atoms with Gasteiger partial charge in [-0.25, -0.2) is 9.97 Å². The minimum atomic E-state index is -0.154. The minimum absolute atomic E-state index is 0.154. The first kappa shape index (κ1) is 19.8. The zero-order valence-electron chi connectivity index (χ0n) is 15.8. The fourth-order valence-electron chi connectivity index (χ4n) is 2.80. The van der Waals surface area contributed by atoms with Crippen LogP contribution in [-0.2, 0) is 17.6 Å². The summed E-state index contributed by atoms with van der Waals surface area (Å²) in [7, 11) is 0. The molecule has 0 saturated carbocycles.